The maximum absolute atomic E-state index is 2.66. The second-order valence-corrected chi connectivity index (χ2v) is 8.70. The van der Waals surface area contributed by atoms with Crippen LogP contribution < -0.4 is 21.5 Å². The minimum absolute atomic E-state index is 0. The third-order valence-electron chi connectivity index (χ3n) is 7.21. The van der Waals surface area contributed by atoms with Crippen LogP contribution in [0.4, 0.5) is 0 Å². The van der Waals surface area contributed by atoms with E-state index in [4.69, 9.17) is 0 Å². The van der Waals surface area contributed by atoms with Crippen molar-refractivity contribution in [3.63, 3.8) is 0 Å². The van der Waals surface area contributed by atoms with Gasteiger partial charge in [-0.15, -0.1) is 0 Å². The van der Waals surface area contributed by atoms with Crippen molar-refractivity contribution in [3.05, 3.63) is 18.7 Å². The maximum Gasteiger partial charge on any atom is 0.244 e. The summed E-state index contributed by atoms with van der Waals surface area (Å²) in [6.45, 7) is 0. The Hall–Kier alpha value is -0.310. The number of hydrogen-bond acceptors (Lipinski definition) is 0. The van der Waals surface area contributed by atoms with Gasteiger partial charge in [0.05, 0.1) is 0 Å². The molecule has 0 radical (unpaired) electrons. The van der Waals surface area contributed by atoms with E-state index in [2.05, 4.69) is 27.9 Å². The number of aromatic nitrogens is 2. The molecule has 0 spiro atoms. The second kappa shape index (κ2) is 5.65. The minimum Gasteiger partial charge on any atom is -1.00 e. The number of halogens is 1. The average molecular weight is 365 g/mol. The molecule has 6 rings (SSSR count). The van der Waals surface area contributed by atoms with Gasteiger partial charge in [0, 0.05) is 0 Å². The highest BCUT2D eigenvalue weighted by Gasteiger charge is 2.54. The first-order valence-corrected chi connectivity index (χ1v) is 9.40. The van der Waals surface area contributed by atoms with E-state index in [0.29, 0.717) is 5.54 Å². The Morgan fingerprint density at radius 1 is 0.864 bits per heavy atom. The normalized spacial score (nSPS) is 40.6. The smallest absolute Gasteiger partial charge is 0.244 e. The van der Waals surface area contributed by atoms with Gasteiger partial charge in [-0.05, 0) is 82.0 Å². The maximum atomic E-state index is 2.66. The van der Waals surface area contributed by atoms with Gasteiger partial charge in [-0.25, -0.2) is 9.13 Å². The third kappa shape index (κ3) is 2.39. The highest BCUT2D eigenvalue weighted by Crippen LogP contribution is 2.58. The van der Waals surface area contributed by atoms with Gasteiger partial charge in [-0.2, -0.15) is 0 Å². The molecular formula is C19H29BrN2. The Kier molecular flexibility index (Phi) is 3.91. The molecule has 1 aromatic rings. The average Bonchev–Trinajstić information content (AvgIpc) is 2.97. The molecule has 3 heteroatoms. The Labute approximate surface area is 145 Å². The highest BCUT2D eigenvalue weighted by molar-refractivity contribution is 5.05. The molecule has 0 N–H and O–H groups in total. The van der Waals surface area contributed by atoms with Gasteiger partial charge in [-0.1, -0.05) is 6.42 Å². The van der Waals surface area contributed by atoms with Gasteiger partial charge in [0.25, 0.3) is 0 Å². The Morgan fingerprint density at radius 3 is 2.05 bits per heavy atom. The van der Waals surface area contributed by atoms with Crippen LogP contribution in [-0.2, 0) is 5.54 Å². The highest BCUT2D eigenvalue weighted by atomic mass is 79.9. The fourth-order valence-electron chi connectivity index (χ4n) is 6.63. The van der Waals surface area contributed by atoms with Crippen LogP contribution in [0.5, 0.6) is 0 Å². The van der Waals surface area contributed by atoms with E-state index in [1.165, 1.54) is 51.4 Å². The molecule has 0 amide bonds. The van der Waals surface area contributed by atoms with Crippen LogP contribution in [0.3, 0.4) is 0 Å². The lowest BCUT2D eigenvalue weighted by Crippen LogP contribution is -3.00. The third-order valence-corrected chi connectivity index (χ3v) is 7.21. The molecule has 122 valence electrons. The van der Waals surface area contributed by atoms with Gasteiger partial charge in [0.15, 0.2) is 0 Å². The van der Waals surface area contributed by atoms with Gasteiger partial charge >= 0.3 is 0 Å². The van der Waals surface area contributed by atoms with E-state index < -0.39 is 0 Å². The van der Waals surface area contributed by atoms with E-state index in [1.54, 1.807) is 19.3 Å². The molecule has 0 aliphatic heterocycles. The fraction of sp³-hybridized carbons (Fsp3) is 0.842. The van der Waals surface area contributed by atoms with Crippen LogP contribution >= 0.6 is 0 Å². The topological polar surface area (TPSA) is 8.81 Å². The minimum atomic E-state index is 0. The quantitative estimate of drug-likeness (QED) is 0.697. The molecule has 5 saturated carbocycles. The van der Waals surface area contributed by atoms with E-state index >= 15 is 0 Å². The summed E-state index contributed by atoms with van der Waals surface area (Å²) >= 11 is 0. The zero-order valence-electron chi connectivity index (χ0n) is 13.6. The van der Waals surface area contributed by atoms with Crippen LogP contribution in [0.25, 0.3) is 0 Å². The Balaban J connectivity index is 0.00000125. The molecule has 5 aliphatic rings. The Bertz CT molecular complexity index is 494. The lowest BCUT2D eigenvalue weighted by molar-refractivity contribution is -0.725. The van der Waals surface area contributed by atoms with Crippen LogP contribution in [-0.4, -0.2) is 4.57 Å². The first-order valence-electron chi connectivity index (χ1n) is 9.40. The molecule has 0 atom stereocenters. The SMILES string of the molecule is [Br-].c1c[n+](C2CCCCC2)cn1C12CC3CC(CC(C3)C1)C2. The van der Waals surface area contributed by atoms with Crippen molar-refractivity contribution in [2.75, 3.05) is 0 Å². The van der Waals surface area contributed by atoms with Crippen LogP contribution in [0, 0.1) is 17.8 Å². The summed E-state index contributed by atoms with van der Waals surface area (Å²) in [5.74, 6) is 3.13. The van der Waals surface area contributed by atoms with E-state index in [-0.39, 0.29) is 17.0 Å². The molecule has 5 fully saturated rings. The standard InChI is InChI=1S/C19H29N2.BrH/c1-2-4-18(5-3-1)20-6-7-21(14-20)19-11-15-8-16(12-19)10-17(9-15)13-19;/h6-7,14-18H,1-5,8-13H2;1H/q+1;/p-1. The first kappa shape index (κ1) is 15.2. The van der Waals surface area contributed by atoms with Crippen LogP contribution in [0.2, 0.25) is 0 Å². The van der Waals surface area contributed by atoms with Gasteiger partial charge in [0.1, 0.15) is 24.0 Å². The summed E-state index contributed by atoms with van der Waals surface area (Å²) in [5.41, 5.74) is 0.509. The van der Waals surface area contributed by atoms with Crippen LogP contribution in [0.1, 0.15) is 76.7 Å². The van der Waals surface area contributed by atoms with Crippen LogP contribution in [0.15, 0.2) is 18.7 Å². The lowest BCUT2D eigenvalue weighted by atomic mass is 9.53. The monoisotopic (exact) mass is 364 g/mol. The molecule has 22 heavy (non-hydrogen) atoms. The summed E-state index contributed by atoms with van der Waals surface area (Å²) < 4.78 is 5.21. The number of rotatable bonds is 2. The second-order valence-electron chi connectivity index (χ2n) is 8.70. The van der Waals surface area contributed by atoms with Gasteiger partial charge in [0.2, 0.25) is 6.33 Å². The summed E-state index contributed by atoms with van der Waals surface area (Å²) in [4.78, 5) is 0. The van der Waals surface area contributed by atoms with Crippen molar-refractivity contribution in [1.82, 2.24) is 4.57 Å². The lowest BCUT2D eigenvalue weighted by Gasteiger charge is -2.54. The van der Waals surface area contributed by atoms with Crippen molar-refractivity contribution < 1.29 is 21.5 Å². The van der Waals surface area contributed by atoms with Gasteiger partial charge in [-0.3, -0.25) is 0 Å². The van der Waals surface area contributed by atoms with Gasteiger partial charge < -0.3 is 17.0 Å². The summed E-state index contributed by atoms with van der Waals surface area (Å²) in [5, 5.41) is 0. The van der Waals surface area contributed by atoms with E-state index in [0.717, 1.165) is 23.8 Å². The molecule has 0 aromatic carbocycles. The fourth-order valence-corrected chi connectivity index (χ4v) is 6.63. The van der Waals surface area contributed by atoms with E-state index in [9.17, 15) is 0 Å². The summed E-state index contributed by atoms with van der Waals surface area (Å²) in [6, 6.07) is 0.786. The molecule has 1 heterocycles. The molecule has 4 bridgehead atoms. The number of imidazole rings is 1. The molecule has 2 nitrogen and oxygen atoms in total. The van der Waals surface area contributed by atoms with Crippen molar-refractivity contribution in [3.8, 4) is 0 Å². The van der Waals surface area contributed by atoms with E-state index in [1.807, 2.05) is 0 Å². The molecular weight excluding hydrogens is 336 g/mol. The molecule has 5 aliphatic carbocycles. The van der Waals surface area contributed by atoms with Crippen molar-refractivity contribution in [1.29, 1.82) is 0 Å². The summed E-state index contributed by atoms with van der Waals surface area (Å²) in [7, 11) is 0. The van der Waals surface area contributed by atoms with Crippen molar-refractivity contribution in [2.45, 2.75) is 82.2 Å². The molecule has 0 unspecified atom stereocenters. The zero-order valence-corrected chi connectivity index (χ0v) is 15.2. The Morgan fingerprint density at radius 2 is 1.45 bits per heavy atom. The number of hydrogen-bond donors (Lipinski definition) is 0. The molecule has 1 aromatic heterocycles. The first-order chi connectivity index (χ1) is 10.3. The predicted octanol–water partition coefficient (Wildman–Crippen LogP) is 1.21. The zero-order chi connectivity index (χ0) is 13.9. The largest absolute Gasteiger partial charge is 1.00 e. The summed E-state index contributed by atoms with van der Waals surface area (Å²) in [6.07, 6.45) is 23.4. The van der Waals surface area contributed by atoms with Crippen molar-refractivity contribution in [2.24, 2.45) is 17.8 Å². The molecule has 0 saturated heterocycles. The predicted molar refractivity (Wildman–Crippen MR) is 82.9 cm³/mol. The van der Waals surface area contributed by atoms with Crippen molar-refractivity contribution >= 4 is 0 Å². The number of nitrogens with zero attached hydrogens (tertiary/aromatic N) is 2.